The summed E-state index contributed by atoms with van der Waals surface area (Å²) in [6.45, 7) is 4.52. The summed E-state index contributed by atoms with van der Waals surface area (Å²) >= 11 is 0. The minimum Gasteiger partial charge on any atom is -0.494 e. The van der Waals surface area contributed by atoms with Gasteiger partial charge in [0, 0.05) is 22.7 Å². The van der Waals surface area contributed by atoms with Gasteiger partial charge in [0.1, 0.15) is 11.5 Å². The summed E-state index contributed by atoms with van der Waals surface area (Å²) in [5, 5.41) is 0.870. The van der Waals surface area contributed by atoms with Crippen LogP contribution in [0.2, 0.25) is 0 Å². The van der Waals surface area contributed by atoms with E-state index in [1.165, 1.54) is 6.26 Å². The van der Waals surface area contributed by atoms with E-state index < -0.39 is 0 Å². The fourth-order valence-corrected chi connectivity index (χ4v) is 2.36. The van der Waals surface area contributed by atoms with Crippen molar-refractivity contribution >= 4 is 16.7 Å². The Morgan fingerprint density at radius 1 is 1.29 bits per heavy atom. The Hall–Kier alpha value is -2.49. The minimum absolute atomic E-state index is 0.0415. The minimum atomic E-state index is -0.0415. The third-order valence-electron chi connectivity index (χ3n) is 3.47. The van der Waals surface area contributed by atoms with Crippen LogP contribution < -0.4 is 4.74 Å². The maximum atomic E-state index is 12.6. The summed E-state index contributed by atoms with van der Waals surface area (Å²) in [6, 6.07) is 7.45. The van der Waals surface area contributed by atoms with E-state index in [1.54, 1.807) is 19.2 Å². The molecule has 0 spiro atoms. The van der Waals surface area contributed by atoms with Gasteiger partial charge in [-0.2, -0.15) is 0 Å². The van der Waals surface area contributed by atoms with Crippen LogP contribution in [-0.4, -0.2) is 17.4 Å². The molecule has 0 aliphatic heterocycles. The molecule has 0 unspecified atom stereocenters. The fraction of sp³-hybridized carbons (Fsp3) is 0.235. The van der Waals surface area contributed by atoms with Crippen molar-refractivity contribution in [3.05, 3.63) is 53.6 Å². The zero-order chi connectivity index (χ0) is 14.8. The van der Waals surface area contributed by atoms with E-state index in [1.807, 2.05) is 18.2 Å². The first-order valence-corrected chi connectivity index (χ1v) is 7.03. The van der Waals surface area contributed by atoms with Gasteiger partial charge in [-0.15, -0.1) is 0 Å². The van der Waals surface area contributed by atoms with Gasteiger partial charge >= 0.3 is 0 Å². The first kappa shape index (κ1) is 13.5. The average molecular weight is 283 g/mol. The third-order valence-corrected chi connectivity index (χ3v) is 3.47. The second-order valence-corrected chi connectivity index (χ2v) is 4.98. The van der Waals surface area contributed by atoms with Crippen molar-refractivity contribution in [1.29, 1.82) is 0 Å². The number of aromatic amines is 1. The SMILES string of the molecule is CCCOc1ccc2[nH]cc(C(=O)c3ccoc3C)c2c1. The smallest absolute Gasteiger partial charge is 0.198 e. The van der Waals surface area contributed by atoms with Crippen molar-refractivity contribution in [3.63, 3.8) is 0 Å². The molecular weight excluding hydrogens is 266 g/mol. The number of benzene rings is 1. The Morgan fingerprint density at radius 2 is 2.14 bits per heavy atom. The number of ether oxygens (including phenoxy) is 1. The van der Waals surface area contributed by atoms with Crippen LogP contribution in [-0.2, 0) is 0 Å². The molecule has 0 atom stereocenters. The van der Waals surface area contributed by atoms with Crippen LogP contribution in [0.4, 0.5) is 0 Å². The summed E-state index contributed by atoms with van der Waals surface area (Å²) in [5.41, 5.74) is 2.15. The number of fused-ring (bicyclic) bond motifs is 1. The number of H-pyrrole nitrogens is 1. The lowest BCUT2D eigenvalue weighted by atomic mass is 10.0. The first-order valence-electron chi connectivity index (χ1n) is 7.03. The standard InChI is InChI=1S/C17H17NO3/c1-3-7-21-12-4-5-16-14(9-12)15(10-18-16)17(19)13-6-8-20-11(13)2/h4-6,8-10,18H,3,7H2,1-2H3. The predicted octanol–water partition coefficient (Wildman–Crippen LogP) is 4.09. The Kier molecular flexibility index (Phi) is 3.52. The molecule has 1 N–H and O–H groups in total. The molecular formula is C17H17NO3. The van der Waals surface area contributed by atoms with Crippen molar-refractivity contribution < 1.29 is 13.9 Å². The highest BCUT2D eigenvalue weighted by Crippen LogP contribution is 2.26. The number of rotatable bonds is 5. The lowest BCUT2D eigenvalue weighted by Crippen LogP contribution is -2.00. The van der Waals surface area contributed by atoms with Gasteiger partial charge < -0.3 is 14.1 Å². The number of carbonyl (C=O) groups is 1. The normalized spacial score (nSPS) is 11.0. The third kappa shape index (κ3) is 2.44. The number of hydrogen-bond acceptors (Lipinski definition) is 3. The zero-order valence-electron chi connectivity index (χ0n) is 12.1. The van der Waals surface area contributed by atoms with E-state index in [2.05, 4.69) is 11.9 Å². The fourth-order valence-electron chi connectivity index (χ4n) is 2.36. The molecule has 1 aromatic carbocycles. The average Bonchev–Trinajstić information content (AvgIpc) is 3.10. The van der Waals surface area contributed by atoms with Crippen LogP contribution in [0.3, 0.4) is 0 Å². The first-order chi connectivity index (χ1) is 10.2. The maximum absolute atomic E-state index is 12.6. The molecule has 0 aliphatic rings. The number of hydrogen-bond donors (Lipinski definition) is 1. The van der Waals surface area contributed by atoms with Gasteiger partial charge in [-0.25, -0.2) is 0 Å². The molecule has 2 heterocycles. The molecule has 0 saturated carbocycles. The largest absolute Gasteiger partial charge is 0.494 e. The number of carbonyl (C=O) groups excluding carboxylic acids is 1. The van der Waals surface area contributed by atoms with Crippen LogP contribution >= 0.6 is 0 Å². The second-order valence-electron chi connectivity index (χ2n) is 4.98. The highest BCUT2D eigenvalue weighted by Gasteiger charge is 2.18. The molecule has 21 heavy (non-hydrogen) atoms. The lowest BCUT2D eigenvalue weighted by Gasteiger charge is -2.05. The lowest BCUT2D eigenvalue weighted by molar-refractivity contribution is 0.103. The van der Waals surface area contributed by atoms with Crippen LogP contribution in [0.1, 0.15) is 35.0 Å². The Bertz CT molecular complexity index is 782. The van der Waals surface area contributed by atoms with Gasteiger partial charge in [0.2, 0.25) is 0 Å². The number of furan rings is 1. The molecule has 3 aromatic rings. The van der Waals surface area contributed by atoms with Crippen LogP contribution in [0, 0.1) is 6.92 Å². The highest BCUT2D eigenvalue weighted by atomic mass is 16.5. The van der Waals surface area contributed by atoms with Crippen molar-refractivity contribution in [2.45, 2.75) is 20.3 Å². The number of aromatic nitrogens is 1. The monoisotopic (exact) mass is 283 g/mol. The molecule has 4 nitrogen and oxygen atoms in total. The molecule has 0 radical (unpaired) electrons. The van der Waals surface area contributed by atoms with Gasteiger partial charge in [0.05, 0.1) is 18.4 Å². The van der Waals surface area contributed by atoms with Gasteiger partial charge in [-0.3, -0.25) is 4.79 Å². The van der Waals surface area contributed by atoms with E-state index in [-0.39, 0.29) is 5.78 Å². The maximum Gasteiger partial charge on any atom is 0.198 e. The molecule has 0 amide bonds. The second kappa shape index (κ2) is 5.48. The van der Waals surface area contributed by atoms with E-state index >= 15 is 0 Å². The van der Waals surface area contributed by atoms with Crippen molar-refractivity contribution in [1.82, 2.24) is 4.98 Å². The van der Waals surface area contributed by atoms with E-state index in [9.17, 15) is 4.79 Å². The predicted molar refractivity (Wildman–Crippen MR) is 81.0 cm³/mol. The van der Waals surface area contributed by atoms with Gasteiger partial charge in [0.15, 0.2) is 5.78 Å². The van der Waals surface area contributed by atoms with Crippen molar-refractivity contribution in [3.8, 4) is 5.75 Å². The molecule has 0 fully saturated rings. The van der Waals surface area contributed by atoms with E-state index in [0.717, 1.165) is 23.1 Å². The number of aryl methyl sites for hydroxylation is 1. The summed E-state index contributed by atoms with van der Waals surface area (Å²) in [5.74, 6) is 1.37. The van der Waals surface area contributed by atoms with Gasteiger partial charge in [-0.05, 0) is 37.6 Å². The summed E-state index contributed by atoms with van der Waals surface area (Å²) in [7, 11) is 0. The summed E-state index contributed by atoms with van der Waals surface area (Å²) in [4.78, 5) is 15.7. The molecule has 108 valence electrons. The Labute approximate surface area is 122 Å². The van der Waals surface area contributed by atoms with Gasteiger partial charge in [-0.1, -0.05) is 6.92 Å². The topological polar surface area (TPSA) is 55.2 Å². The van der Waals surface area contributed by atoms with Crippen LogP contribution in [0.25, 0.3) is 10.9 Å². The summed E-state index contributed by atoms with van der Waals surface area (Å²) in [6.07, 6.45) is 4.22. The molecule has 0 saturated heterocycles. The van der Waals surface area contributed by atoms with Crippen LogP contribution in [0.15, 0.2) is 41.1 Å². The zero-order valence-corrected chi connectivity index (χ0v) is 12.1. The quantitative estimate of drug-likeness (QED) is 0.717. The summed E-state index contributed by atoms with van der Waals surface area (Å²) < 4.78 is 10.9. The molecule has 4 heteroatoms. The van der Waals surface area contributed by atoms with Crippen molar-refractivity contribution in [2.24, 2.45) is 0 Å². The van der Waals surface area contributed by atoms with Crippen molar-refractivity contribution in [2.75, 3.05) is 6.61 Å². The van der Waals surface area contributed by atoms with E-state index in [0.29, 0.717) is 23.5 Å². The van der Waals surface area contributed by atoms with E-state index in [4.69, 9.17) is 9.15 Å². The number of ketones is 1. The highest BCUT2D eigenvalue weighted by molar-refractivity contribution is 6.16. The number of nitrogens with one attached hydrogen (secondary N) is 1. The molecule has 0 bridgehead atoms. The van der Waals surface area contributed by atoms with Crippen LogP contribution in [0.5, 0.6) is 5.75 Å². The Morgan fingerprint density at radius 3 is 2.86 bits per heavy atom. The molecule has 2 aromatic heterocycles. The van der Waals surface area contributed by atoms with Gasteiger partial charge in [0.25, 0.3) is 0 Å². The molecule has 0 aliphatic carbocycles. The Balaban J connectivity index is 2.02. The molecule has 3 rings (SSSR count).